The zero-order valence-corrected chi connectivity index (χ0v) is 13.8. The number of hydrogen-bond donors (Lipinski definition) is 1. The molecule has 0 radical (unpaired) electrons. The lowest BCUT2D eigenvalue weighted by molar-refractivity contribution is 0.178. The first-order valence-corrected chi connectivity index (χ1v) is 8.17. The third-order valence-corrected chi connectivity index (χ3v) is 4.81. The molecule has 0 saturated carbocycles. The number of halogens is 1. The van der Waals surface area contributed by atoms with Crippen LogP contribution in [0.25, 0.3) is 0 Å². The lowest BCUT2D eigenvalue weighted by atomic mass is 9.88. The molecule has 3 heteroatoms. The van der Waals surface area contributed by atoms with Gasteiger partial charge in [-0.15, -0.1) is 0 Å². The standard InChI is InChI=1S/C18H29FN2/c1-13(2)18(16-5-7-17(19)8-6-16)20-14(3)15-9-11-21(4)12-10-15/h5-8,13-15,18,20H,9-12H2,1-4H3. The summed E-state index contributed by atoms with van der Waals surface area (Å²) in [5, 5.41) is 3.80. The highest BCUT2D eigenvalue weighted by Crippen LogP contribution is 2.26. The molecule has 1 aromatic rings. The van der Waals surface area contributed by atoms with E-state index < -0.39 is 0 Å². The van der Waals surface area contributed by atoms with Crippen LogP contribution in [0.4, 0.5) is 4.39 Å². The molecule has 1 heterocycles. The molecular weight excluding hydrogens is 263 g/mol. The van der Waals surface area contributed by atoms with Gasteiger partial charge in [0, 0.05) is 12.1 Å². The van der Waals surface area contributed by atoms with Crippen molar-refractivity contribution in [3.63, 3.8) is 0 Å². The van der Waals surface area contributed by atoms with Crippen LogP contribution in [0.1, 0.15) is 45.2 Å². The first-order chi connectivity index (χ1) is 9.97. The van der Waals surface area contributed by atoms with Gasteiger partial charge in [-0.25, -0.2) is 4.39 Å². The zero-order valence-electron chi connectivity index (χ0n) is 13.8. The van der Waals surface area contributed by atoms with Crippen LogP contribution in [0.5, 0.6) is 0 Å². The molecule has 2 rings (SSSR count). The van der Waals surface area contributed by atoms with Gasteiger partial charge in [-0.1, -0.05) is 26.0 Å². The van der Waals surface area contributed by atoms with Crippen molar-refractivity contribution in [2.45, 2.75) is 45.7 Å². The average Bonchev–Trinajstić information content (AvgIpc) is 2.46. The normalized spacial score (nSPS) is 20.7. The maximum absolute atomic E-state index is 13.1. The van der Waals surface area contributed by atoms with Crippen molar-refractivity contribution in [3.8, 4) is 0 Å². The topological polar surface area (TPSA) is 15.3 Å². The Bertz CT molecular complexity index is 421. The van der Waals surface area contributed by atoms with Gasteiger partial charge in [0.25, 0.3) is 0 Å². The second-order valence-corrected chi connectivity index (χ2v) is 6.87. The minimum atomic E-state index is -0.162. The molecule has 1 aliphatic heterocycles. The van der Waals surface area contributed by atoms with Crippen molar-refractivity contribution in [3.05, 3.63) is 35.6 Å². The van der Waals surface area contributed by atoms with Gasteiger partial charge in [-0.05, 0) is 69.4 Å². The highest BCUT2D eigenvalue weighted by molar-refractivity contribution is 5.20. The number of piperidine rings is 1. The summed E-state index contributed by atoms with van der Waals surface area (Å²) in [7, 11) is 2.20. The SMILES string of the molecule is CC(C)C(NC(C)C1CCN(C)CC1)c1ccc(F)cc1. The van der Waals surface area contributed by atoms with E-state index in [2.05, 4.69) is 38.0 Å². The maximum atomic E-state index is 13.1. The van der Waals surface area contributed by atoms with Crippen LogP contribution in [-0.4, -0.2) is 31.1 Å². The molecule has 2 nitrogen and oxygen atoms in total. The van der Waals surface area contributed by atoms with Crippen LogP contribution in [0.15, 0.2) is 24.3 Å². The molecular formula is C18H29FN2. The molecule has 0 bridgehead atoms. The predicted octanol–water partition coefficient (Wildman–Crippen LogP) is 3.84. The van der Waals surface area contributed by atoms with Gasteiger partial charge in [0.05, 0.1) is 0 Å². The van der Waals surface area contributed by atoms with E-state index in [9.17, 15) is 4.39 Å². The minimum Gasteiger partial charge on any atom is -0.307 e. The number of benzene rings is 1. The van der Waals surface area contributed by atoms with Gasteiger partial charge >= 0.3 is 0 Å². The fourth-order valence-electron chi connectivity index (χ4n) is 3.29. The van der Waals surface area contributed by atoms with Crippen molar-refractivity contribution in [1.82, 2.24) is 10.2 Å². The van der Waals surface area contributed by atoms with Crippen LogP contribution in [0.2, 0.25) is 0 Å². The second-order valence-electron chi connectivity index (χ2n) is 6.87. The molecule has 0 spiro atoms. The average molecular weight is 292 g/mol. The number of likely N-dealkylation sites (tertiary alicyclic amines) is 1. The minimum absolute atomic E-state index is 0.162. The van der Waals surface area contributed by atoms with E-state index in [1.807, 2.05) is 12.1 Å². The van der Waals surface area contributed by atoms with Gasteiger partial charge in [-0.2, -0.15) is 0 Å². The summed E-state index contributed by atoms with van der Waals surface area (Å²) in [6.45, 7) is 9.14. The first kappa shape index (κ1) is 16.4. The maximum Gasteiger partial charge on any atom is 0.123 e. The van der Waals surface area contributed by atoms with Crippen LogP contribution in [0.3, 0.4) is 0 Å². The molecule has 1 aromatic carbocycles. The van der Waals surface area contributed by atoms with Crippen LogP contribution in [-0.2, 0) is 0 Å². The lowest BCUT2D eigenvalue weighted by Crippen LogP contribution is -2.43. The Balaban J connectivity index is 2.00. The largest absolute Gasteiger partial charge is 0.307 e. The third-order valence-electron chi connectivity index (χ3n) is 4.81. The van der Waals surface area contributed by atoms with Crippen molar-refractivity contribution in [1.29, 1.82) is 0 Å². The van der Waals surface area contributed by atoms with Gasteiger partial charge in [0.1, 0.15) is 5.82 Å². The monoisotopic (exact) mass is 292 g/mol. The highest BCUT2D eigenvalue weighted by Gasteiger charge is 2.25. The Labute approximate surface area is 128 Å². The fraction of sp³-hybridized carbons (Fsp3) is 0.667. The Morgan fingerprint density at radius 2 is 1.67 bits per heavy atom. The van der Waals surface area contributed by atoms with Gasteiger partial charge in [0.15, 0.2) is 0 Å². The van der Waals surface area contributed by atoms with Crippen molar-refractivity contribution >= 4 is 0 Å². The van der Waals surface area contributed by atoms with Gasteiger partial charge < -0.3 is 10.2 Å². The molecule has 118 valence electrons. The van der Waals surface area contributed by atoms with Gasteiger partial charge in [0.2, 0.25) is 0 Å². The predicted molar refractivity (Wildman–Crippen MR) is 86.8 cm³/mol. The summed E-state index contributed by atoms with van der Waals surface area (Å²) in [5.74, 6) is 1.07. The molecule has 1 N–H and O–H groups in total. The number of nitrogens with zero attached hydrogens (tertiary/aromatic N) is 1. The Hall–Kier alpha value is -0.930. The van der Waals surface area contributed by atoms with Crippen LogP contribution < -0.4 is 5.32 Å². The van der Waals surface area contributed by atoms with E-state index in [4.69, 9.17) is 0 Å². The molecule has 0 aromatic heterocycles. The first-order valence-electron chi connectivity index (χ1n) is 8.17. The molecule has 2 atom stereocenters. The second kappa shape index (κ2) is 7.37. The van der Waals surface area contributed by atoms with Crippen LogP contribution >= 0.6 is 0 Å². The summed E-state index contributed by atoms with van der Waals surface area (Å²) >= 11 is 0. The van der Waals surface area contributed by atoms with E-state index in [0.717, 1.165) is 5.92 Å². The molecule has 1 saturated heterocycles. The molecule has 21 heavy (non-hydrogen) atoms. The fourth-order valence-corrected chi connectivity index (χ4v) is 3.29. The quantitative estimate of drug-likeness (QED) is 0.887. The van der Waals surface area contributed by atoms with Crippen molar-refractivity contribution in [2.75, 3.05) is 20.1 Å². The Kier molecular flexibility index (Phi) is 5.77. The van der Waals surface area contributed by atoms with Gasteiger partial charge in [-0.3, -0.25) is 0 Å². The third kappa shape index (κ3) is 4.52. The van der Waals surface area contributed by atoms with E-state index in [0.29, 0.717) is 18.0 Å². The summed E-state index contributed by atoms with van der Waals surface area (Å²) in [6, 6.07) is 7.73. The van der Waals surface area contributed by atoms with E-state index in [1.54, 1.807) is 12.1 Å². The zero-order chi connectivity index (χ0) is 15.4. The molecule has 1 fully saturated rings. The smallest absolute Gasteiger partial charge is 0.123 e. The number of rotatable bonds is 5. The summed E-state index contributed by atoms with van der Waals surface area (Å²) < 4.78 is 13.1. The van der Waals surface area contributed by atoms with E-state index in [-0.39, 0.29) is 5.82 Å². The van der Waals surface area contributed by atoms with E-state index >= 15 is 0 Å². The van der Waals surface area contributed by atoms with Crippen LogP contribution in [0, 0.1) is 17.7 Å². The number of hydrogen-bond acceptors (Lipinski definition) is 2. The Morgan fingerprint density at radius 3 is 2.19 bits per heavy atom. The summed E-state index contributed by atoms with van der Waals surface area (Å²) in [6.07, 6.45) is 2.53. The Morgan fingerprint density at radius 1 is 1.10 bits per heavy atom. The van der Waals surface area contributed by atoms with E-state index in [1.165, 1.54) is 31.5 Å². The molecule has 0 amide bonds. The van der Waals surface area contributed by atoms with Crippen molar-refractivity contribution in [2.24, 2.45) is 11.8 Å². The summed E-state index contributed by atoms with van der Waals surface area (Å²) in [5.41, 5.74) is 1.19. The molecule has 0 aliphatic carbocycles. The van der Waals surface area contributed by atoms with Crippen molar-refractivity contribution < 1.29 is 4.39 Å². The molecule has 2 unspecified atom stereocenters. The lowest BCUT2D eigenvalue weighted by Gasteiger charge is -2.36. The summed E-state index contributed by atoms with van der Waals surface area (Å²) in [4.78, 5) is 2.41. The highest BCUT2D eigenvalue weighted by atomic mass is 19.1. The molecule has 1 aliphatic rings. The number of nitrogens with one attached hydrogen (secondary N) is 1.